The number of carbonyl (C=O) groups is 2. The lowest BCUT2D eigenvalue weighted by Gasteiger charge is -2.14. The molecule has 1 aromatic heterocycles. The van der Waals surface area contributed by atoms with E-state index < -0.39 is 5.63 Å². The Kier molecular flexibility index (Phi) is 3.43. The van der Waals surface area contributed by atoms with Crippen LogP contribution in [-0.2, 0) is 9.59 Å². The van der Waals surface area contributed by atoms with Crippen molar-refractivity contribution in [2.24, 2.45) is 0 Å². The number of imide groups is 1. The lowest BCUT2D eigenvalue weighted by atomic mass is 10.2. The molecule has 1 aliphatic rings. The minimum absolute atomic E-state index is 0.159. The highest BCUT2D eigenvalue weighted by molar-refractivity contribution is 6.01. The summed E-state index contributed by atoms with van der Waals surface area (Å²) in [7, 11) is 0. The fourth-order valence-corrected chi connectivity index (χ4v) is 2.26. The summed E-state index contributed by atoms with van der Waals surface area (Å²) >= 11 is 0. The molecule has 1 fully saturated rings. The molecule has 6 nitrogen and oxygen atoms in total. The van der Waals surface area contributed by atoms with E-state index in [0.717, 1.165) is 5.39 Å². The van der Waals surface area contributed by atoms with Gasteiger partial charge in [-0.1, -0.05) is 0 Å². The number of carbonyl (C=O) groups excluding carboxylic acids is 2. The van der Waals surface area contributed by atoms with E-state index in [-0.39, 0.29) is 37.8 Å². The van der Waals surface area contributed by atoms with Gasteiger partial charge in [-0.3, -0.25) is 14.5 Å². The highest BCUT2D eigenvalue weighted by atomic mass is 16.5. The molecule has 2 aromatic rings. The molecule has 1 aliphatic heterocycles. The number of likely N-dealkylation sites (tertiary alicyclic amines) is 1. The predicted molar refractivity (Wildman–Crippen MR) is 73.9 cm³/mol. The molecule has 2 heterocycles. The Bertz CT molecular complexity index is 748. The number of amides is 2. The first-order valence-corrected chi connectivity index (χ1v) is 6.63. The summed E-state index contributed by atoms with van der Waals surface area (Å²) in [5.41, 5.74) is 0.0150. The van der Waals surface area contributed by atoms with Crippen LogP contribution in [0.2, 0.25) is 0 Å². The number of benzene rings is 1. The predicted octanol–water partition coefficient (Wildman–Crippen LogP) is 1.32. The molecule has 21 heavy (non-hydrogen) atoms. The van der Waals surface area contributed by atoms with Crippen molar-refractivity contribution in [3.05, 3.63) is 40.8 Å². The Morgan fingerprint density at radius 3 is 2.52 bits per heavy atom. The molecular formula is C15H13NO5. The van der Waals surface area contributed by atoms with Crippen LogP contribution in [0.4, 0.5) is 0 Å². The van der Waals surface area contributed by atoms with Gasteiger partial charge in [0.2, 0.25) is 11.8 Å². The quantitative estimate of drug-likeness (QED) is 0.626. The Balaban J connectivity index is 1.66. The molecule has 0 atom stereocenters. The van der Waals surface area contributed by atoms with Gasteiger partial charge in [0, 0.05) is 30.4 Å². The molecule has 0 N–H and O–H groups in total. The van der Waals surface area contributed by atoms with Crippen molar-refractivity contribution in [2.45, 2.75) is 12.8 Å². The molecule has 6 heteroatoms. The lowest BCUT2D eigenvalue weighted by Crippen LogP contribution is -2.33. The Morgan fingerprint density at radius 1 is 1.05 bits per heavy atom. The first-order chi connectivity index (χ1) is 10.1. The van der Waals surface area contributed by atoms with Gasteiger partial charge in [-0.2, -0.15) is 0 Å². The van der Waals surface area contributed by atoms with Gasteiger partial charge in [0.05, 0.1) is 6.54 Å². The zero-order valence-electron chi connectivity index (χ0n) is 11.2. The summed E-state index contributed by atoms with van der Waals surface area (Å²) in [5, 5.41) is 0.798. The lowest BCUT2D eigenvalue weighted by molar-refractivity contribution is -0.138. The zero-order valence-corrected chi connectivity index (χ0v) is 11.2. The van der Waals surface area contributed by atoms with Crippen molar-refractivity contribution in [3.8, 4) is 5.75 Å². The minimum Gasteiger partial charge on any atom is -0.492 e. The van der Waals surface area contributed by atoms with Crippen molar-refractivity contribution in [2.75, 3.05) is 13.2 Å². The Labute approximate surface area is 119 Å². The van der Waals surface area contributed by atoms with Gasteiger partial charge < -0.3 is 9.15 Å². The molecule has 108 valence electrons. The maximum Gasteiger partial charge on any atom is 0.336 e. The van der Waals surface area contributed by atoms with Crippen LogP contribution >= 0.6 is 0 Å². The van der Waals surface area contributed by atoms with Crippen LogP contribution in [0.5, 0.6) is 5.75 Å². The van der Waals surface area contributed by atoms with Gasteiger partial charge in [0.15, 0.2) is 0 Å². The van der Waals surface area contributed by atoms with E-state index in [4.69, 9.17) is 9.15 Å². The molecule has 0 spiro atoms. The normalized spacial score (nSPS) is 15.0. The maximum absolute atomic E-state index is 11.4. The van der Waals surface area contributed by atoms with Crippen molar-refractivity contribution in [3.63, 3.8) is 0 Å². The van der Waals surface area contributed by atoms with E-state index in [1.165, 1.54) is 11.0 Å². The fraction of sp³-hybridized carbons (Fsp3) is 0.267. The van der Waals surface area contributed by atoms with Crippen molar-refractivity contribution in [1.29, 1.82) is 0 Å². The van der Waals surface area contributed by atoms with E-state index in [2.05, 4.69) is 0 Å². The molecule has 0 aliphatic carbocycles. The summed E-state index contributed by atoms with van der Waals surface area (Å²) in [6, 6.07) is 8.17. The fourth-order valence-electron chi connectivity index (χ4n) is 2.26. The summed E-state index contributed by atoms with van der Waals surface area (Å²) in [5.74, 6) is 0.206. The van der Waals surface area contributed by atoms with Crippen LogP contribution in [0.25, 0.3) is 11.0 Å². The molecule has 1 saturated heterocycles. The van der Waals surface area contributed by atoms with E-state index in [0.29, 0.717) is 11.3 Å². The third kappa shape index (κ3) is 2.79. The second kappa shape index (κ2) is 5.40. The molecule has 0 unspecified atom stereocenters. The van der Waals surface area contributed by atoms with Gasteiger partial charge in [0.1, 0.15) is 17.9 Å². The van der Waals surface area contributed by atoms with Crippen molar-refractivity contribution in [1.82, 2.24) is 4.90 Å². The number of rotatable bonds is 4. The molecular weight excluding hydrogens is 274 g/mol. The molecule has 1 aromatic carbocycles. The van der Waals surface area contributed by atoms with Gasteiger partial charge in [0.25, 0.3) is 0 Å². The topological polar surface area (TPSA) is 76.8 Å². The third-order valence-electron chi connectivity index (χ3n) is 3.33. The number of nitrogens with zero attached hydrogens (tertiary/aromatic N) is 1. The SMILES string of the molecule is O=C1CCC(=O)N1CCOc1ccc2ccc(=O)oc2c1. The number of ether oxygens (including phenoxy) is 1. The summed E-state index contributed by atoms with van der Waals surface area (Å²) in [4.78, 5) is 35.3. The van der Waals surface area contributed by atoms with Gasteiger partial charge in [-0.15, -0.1) is 0 Å². The van der Waals surface area contributed by atoms with Crippen LogP contribution in [0.15, 0.2) is 39.5 Å². The average Bonchev–Trinajstić information content (AvgIpc) is 2.78. The average molecular weight is 287 g/mol. The highest BCUT2D eigenvalue weighted by Gasteiger charge is 2.28. The van der Waals surface area contributed by atoms with Crippen LogP contribution in [0.3, 0.4) is 0 Å². The summed E-state index contributed by atoms with van der Waals surface area (Å²) in [6.07, 6.45) is 0.555. The van der Waals surface area contributed by atoms with E-state index >= 15 is 0 Å². The molecule has 0 radical (unpaired) electrons. The second-order valence-corrected chi connectivity index (χ2v) is 4.74. The highest BCUT2D eigenvalue weighted by Crippen LogP contribution is 2.19. The standard InChI is InChI=1S/C15H13NO5/c17-13-4-5-14(18)16(13)7-8-20-11-3-1-10-2-6-15(19)21-12(10)9-11/h1-3,6,9H,4-5,7-8H2. The minimum atomic E-state index is -0.423. The van der Waals surface area contributed by atoms with Gasteiger partial charge in [-0.05, 0) is 18.2 Å². The summed E-state index contributed by atoms with van der Waals surface area (Å²) < 4.78 is 10.6. The first kappa shape index (κ1) is 13.4. The largest absolute Gasteiger partial charge is 0.492 e. The first-order valence-electron chi connectivity index (χ1n) is 6.63. The Hall–Kier alpha value is -2.63. The van der Waals surface area contributed by atoms with Crippen molar-refractivity contribution >= 4 is 22.8 Å². The summed E-state index contributed by atoms with van der Waals surface area (Å²) in [6.45, 7) is 0.439. The molecule has 3 rings (SSSR count). The van der Waals surface area contributed by atoms with Gasteiger partial charge in [-0.25, -0.2) is 4.79 Å². The Morgan fingerprint density at radius 2 is 1.76 bits per heavy atom. The van der Waals surface area contributed by atoms with E-state index in [1.54, 1.807) is 24.3 Å². The van der Waals surface area contributed by atoms with Crippen molar-refractivity contribution < 1.29 is 18.7 Å². The van der Waals surface area contributed by atoms with Crippen LogP contribution in [0.1, 0.15) is 12.8 Å². The molecule has 2 amide bonds. The third-order valence-corrected chi connectivity index (χ3v) is 3.33. The number of hydrogen-bond acceptors (Lipinski definition) is 5. The number of fused-ring (bicyclic) bond motifs is 1. The van der Waals surface area contributed by atoms with E-state index in [9.17, 15) is 14.4 Å². The maximum atomic E-state index is 11.4. The smallest absolute Gasteiger partial charge is 0.336 e. The number of hydrogen-bond donors (Lipinski definition) is 0. The van der Waals surface area contributed by atoms with Crippen LogP contribution in [0, 0.1) is 0 Å². The molecule has 0 saturated carbocycles. The second-order valence-electron chi connectivity index (χ2n) is 4.74. The van der Waals surface area contributed by atoms with Crippen LogP contribution in [-0.4, -0.2) is 29.9 Å². The van der Waals surface area contributed by atoms with E-state index in [1.807, 2.05) is 0 Å². The molecule has 0 bridgehead atoms. The van der Waals surface area contributed by atoms with Gasteiger partial charge >= 0.3 is 5.63 Å². The monoisotopic (exact) mass is 287 g/mol. The zero-order chi connectivity index (χ0) is 14.8. The van der Waals surface area contributed by atoms with Crippen LogP contribution < -0.4 is 10.4 Å².